The summed E-state index contributed by atoms with van der Waals surface area (Å²) in [6, 6.07) is 14.2. The molecule has 1 aromatic heterocycles. The van der Waals surface area contributed by atoms with Crippen LogP contribution in [0.5, 0.6) is 5.75 Å². The average molecular weight is 297 g/mol. The lowest BCUT2D eigenvalue weighted by Gasteiger charge is -2.04. The van der Waals surface area contributed by atoms with Crippen molar-refractivity contribution in [3.05, 3.63) is 71.4 Å². The Balaban J connectivity index is 1.80. The van der Waals surface area contributed by atoms with Gasteiger partial charge in [0.05, 0.1) is 5.56 Å². The van der Waals surface area contributed by atoms with Crippen molar-refractivity contribution in [3.8, 4) is 17.2 Å². The zero-order chi connectivity index (χ0) is 15.5. The van der Waals surface area contributed by atoms with E-state index in [0.717, 1.165) is 11.3 Å². The van der Waals surface area contributed by atoms with Gasteiger partial charge in [-0.1, -0.05) is 24.3 Å². The quantitative estimate of drug-likeness (QED) is 0.701. The highest BCUT2D eigenvalue weighted by Gasteiger charge is 2.14. The standard InChI is InChI=1S/C18H16FNO2/c1-12-6-5-7-14(10-12)21-11-17-13(2)22-18(20-17)15-8-3-4-9-16(15)19/h3-10H,11H2,1-2H3. The normalized spacial score (nSPS) is 10.7. The SMILES string of the molecule is Cc1cccc(OCc2nc(-c3ccccc3F)oc2C)c1. The van der Waals surface area contributed by atoms with Gasteiger partial charge in [-0.25, -0.2) is 9.37 Å². The second-order valence-corrected chi connectivity index (χ2v) is 5.11. The molecule has 0 fully saturated rings. The Labute approximate surface area is 128 Å². The molecule has 0 amide bonds. The molecule has 4 heteroatoms. The van der Waals surface area contributed by atoms with Crippen LogP contribution in [-0.4, -0.2) is 4.98 Å². The zero-order valence-electron chi connectivity index (χ0n) is 12.5. The summed E-state index contributed by atoms with van der Waals surface area (Å²) in [6.45, 7) is 4.09. The largest absolute Gasteiger partial charge is 0.487 e. The predicted octanol–water partition coefficient (Wildman–Crippen LogP) is 4.68. The summed E-state index contributed by atoms with van der Waals surface area (Å²) < 4.78 is 25.1. The first-order valence-electron chi connectivity index (χ1n) is 7.04. The van der Waals surface area contributed by atoms with Crippen LogP contribution >= 0.6 is 0 Å². The van der Waals surface area contributed by atoms with Crippen LogP contribution in [0.25, 0.3) is 11.5 Å². The molecule has 0 saturated heterocycles. The lowest BCUT2D eigenvalue weighted by Crippen LogP contribution is -1.97. The van der Waals surface area contributed by atoms with Gasteiger partial charge in [-0.05, 0) is 43.7 Å². The van der Waals surface area contributed by atoms with Gasteiger partial charge in [0.1, 0.15) is 29.6 Å². The molecule has 22 heavy (non-hydrogen) atoms. The summed E-state index contributed by atoms with van der Waals surface area (Å²) in [7, 11) is 0. The van der Waals surface area contributed by atoms with Crippen molar-refractivity contribution in [2.75, 3.05) is 0 Å². The molecule has 0 aliphatic carbocycles. The zero-order valence-corrected chi connectivity index (χ0v) is 12.5. The first-order valence-corrected chi connectivity index (χ1v) is 7.04. The Morgan fingerprint density at radius 3 is 2.68 bits per heavy atom. The van der Waals surface area contributed by atoms with Crippen molar-refractivity contribution in [1.82, 2.24) is 4.98 Å². The van der Waals surface area contributed by atoms with Gasteiger partial charge < -0.3 is 9.15 Å². The van der Waals surface area contributed by atoms with Crippen LogP contribution in [-0.2, 0) is 6.61 Å². The molecule has 3 aromatic rings. The number of benzene rings is 2. The summed E-state index contributed by atoms with van der Waals surface area (Å²) in [5, 5.41) is 0. The number of rotatable bonds is 4. The van der Waals surface area contributed by atoms with Crippen LogP contribution in [0.1, 0.15) is 17.0 Å². The van der Waals surface area contributed by atoms with Crippen LogP contribution < -0.4 is 4.74 Å². The minimum atomic E-state index is -0.352. The van der Waals surface area contributed by atoms with Crippen molar-refractivity contribution >= 4 is 0 Å². The summed E-state index contributed by atoms with van der Waals surface area (Å²) in [5.41, 5.74) is 2.15. The fraction of sp³-hybridized carbons (Fsp3) is 0.167. The predicted molar refractivity (Wildman–Crippen MR) is 82.1 cm³/mol. The average Bonchev–Trinajstić information content (AvgIpc) is 2.87. The molecule has 0 radical (unpaired) electrons. The van der Waals surface area contributed by atoms with E-state index in [-0.39, 0.29) is 18.3 Å². The van der Waals surface area contributed by atoms with Gasteiger partial charge in [0, 0.05) is 0 Å². The number of hydrogen-bond acceptors (Lipinski definition) is 3. The summed E-state index contributed by atoms with van der Waals surface area (Å²) in [6.07, 6.45) is 0. The van der Waals surface area contributed by atoms with Gasteiger partial charge in [0.15, 0.2) is 0 Å². The number of hydrogen-bond donors (Lipinski definition) is 0. The minimum Gasteiger partial charge on any atom is -0.487 e. The molecule has 0 bridgehead atoms. The van der Waals surface area contributed by atoms with E-state index in [1.54, 1.807) is 25.1 Å². The number of aromatic nitrogens is 1. The van der Waals surface area contributed by atoms with E-state index >= 15 is 0 Å². The monoisotopic (exact) mass is 297 g/mol. The van der Waals surface area contributed by atoms with Crippen molar-refractivity contribution in [1.29, 1.82) is 0 Å². The maximum absolute atomic E-state index is 13.8. The molecule has 0 unspecified atom stereocenters. The molecule has 3 nitrogen and oxygen atoms in total. The molecular weight excluding hydrogens is 281 g/mol. The maximum atomic E-state index is 13.8. The third kappa shape index (κ3) is 3.01. The Morgan fingerprint density at radius 2 is 1.91 bits per heavy atom. The first-order chi connectivity index (χ1) is 10.6. The second kappa shape index (κ2) is 6.02. The molecule has 0 aliphatic heterocycles. The van der Waals surface area contributed by atoms with Gasteiger partial charge in [-0.15, -0.1) is 0 Å². The Hall–Kier alpha value is -2.62. The second-order valence-electron chi connectivity index (χ2n) is 5.11. The highest BCUT2D eigenvalue weighted by atomic mass is 19.1. The smallest absolute Gasteiger partial charge is 0.229 e. The molecular formula is C18H16FNO2. The number of aryl methyl sites for hydroxylation is 2. The van der Waals surface area contributed by atoms with Crippen LogP contribution in [0.15, 0.2) is 52.9 Å². The highest BCUT2D eigenvalue weighted by molar-refractivity contribution is 5.54. The fourth-order valence-corrected chi connectivity index (χ4v) is 2.17. The number of nitrogens with zero attached hydrogens (tertiary/aromatic N) is 1. The van der Waals surface area contributed by atoms with E-state index in [9.17, 15) is 4.39 Å². The van der Waals surface area contributed by atoms with Gasteiger partial charge >= 0.3 is 0 Å². The third-order valence-corrected chi connectivity index (χ3v) is 3.36. The van der Waals surface area contributed by atoms with Gasteiger partial charge in [0.2, 0.25) is 5.89 Å². The summed E-state index contributed by atoms with van der Waals surface area (Å²) in [4.78, 5) is 4.35. The van der Waals surface area contributed by atoms with Crippen molar-refractivity contribution in [3.63, 3.8) is 0 Å². The first kappa shape index (κ1) is 14.3. The van der Waals surface area contributed by atoms with E-state index in [1.165, 1.54) is 6.07 Å². The Kier molecular flexibility index (Phi) is 3.92. The van der Waals surface area contributed by atoms with Gasteiger partial charge in [0.25, 0.3) is 0 Å². The molecule has 0 aliphatic rings. The third-order valence-electron chi connectivity index (χ3n) is 3.36. The van der Waals surface area contributed by atoms with Crippen LogP contribution in [0, 0.1) is 19.7 Å². The van der Waals surface area contributed by atoms with Crippen molar-refractivity contribution < 1.29 is 13.5 Å². The van der Waals surface area contributed by atoms with Crippen LogP contribution in [0.4, 0.5) is 4.39 Å². The van der Waals surface area contributed by atoms with E-state index in [2.05, 4.69) is 4.98 Å². The molecule has 112 valence electrons. The molecule has 0 spiro atoms. The van der Waals surface area contributed by atoms with Gasteiger partial charge in [-0.2, -0.15) is 0 Å². The van der Waals surface area contributed by atoms with Crippen molar-refractivity contribution in [2.24, 2.45) is 0 Å². The van der Waals surface area contributed by atoms with E-state index < -0.39 is 0 Å². The highest BCUT2D eigenvalue weighted by Crippen LogP contribution is 2.25. The summed E-state index contributed by atoms with van der Waals surface area (Å²) in [5.74, 6) is 1.33. The lowest BCUT2D eigenvalue weighted by atomic mass is 10.2. The van der Waals surface area contributed by atoms with Crippen molar-refractivity contribution in [2.45, 2.75) is 20.5 Å². The molecule has 0 atom stereocenters. The molecule has 3 rings (SSSR count). The maximum Gasteiger partial charge on any atom is 0.229 e. The number of oxazole rings is 1. The van der Waals surface area contributed by atoms with Crippen LogP contribution in [0.2, 0.25) is 0 Å². The number of ether oxygens (including phenoxy) is 1. The molecule has 0 N–H and O–H groups in total. The van der Waals surface area contributed by atoms with E-state index in [1.807, 2.05) is 31.2 Å². The number of halogens is 1. The minimum absolute atomic E-state index is 0.276. The lowest BCUT2D eigenvalue weighted by molar-refractivity contribution is 0.299. The fourth-order valence-electron chi connectivity index (χ4n) is 2.17. The molecule has 0 saturated carbocycles. The van der Waals surface area contributed by atoms with Crippen LogP contribution in [0.3, 0.4) is 0 Å². The van der Waals surface area contributed by atoms with E-state index in [4.69, 9.17) is 9.15 Å². The Bertz CT molecular complexity index is 795. The molecule has 1 heterocycles. The Morgan fingerprint density at radius 1 is 1.09 bits per heavy atom. The van der Waals surface area contributed by atoms with Gasteiger partial charge in [-0.3, -0.25) is 0 Å². The summed E-state index contributed by atoms with van der Waals surface area (Å²) >= 11 is 0. The van der Waals surface area contributed by atoms with E-state index in [0.29, 0.717) is 17.0 Å². The topological polar surface area (TPSA) is 35.3 Å². The molecule has 2 aromatic carbocycles.